The van der Waals surface area contributed by atoms with Gasteiger partial charge in [-0.05, 0) is 48.9 Å². The Hall–Kier alpha value is -2.53. The maximum absolute atomic E-state index is 12.9. The molecule has 4 nitrogen and oxygen atoms in total. The average Bonchev–Trinajstić information content (AvgIpc) is 3.09. The predicted octanol–water partition coefficient (Wildman–Crippen LogP) is 4.16. The highest BCUT2D eigenvalue weighted by Gasteiger charge is 2.30. The molecular weight excluding hydrogens is 295 g/mol. The van der Waals surface area contributed by atoms with Crippen molar-refractivity contribution in [1.29, 1.82) is 0 Å². The van der Waals surface area contributed by atoms with Gasteiger partial charge in [-0.2, -0.15) is 0 Å². The van der Waals surface area contributed by atoms with E-state index in [2.05, 4.69) is 10.1 Å². The lowest BCUT2D eigenvalue weighted by Gasteiger charge is -2.19. The zero-order chi connectivity index (χ0) is 16.9. The minimum Gasteiger partial charge on any atom is -0.377 e. The van der Waals surface area contributed by atoms with Gasteiger partial charge in [-0.1, -0.05) is 19.0 Å². The van der Waals surface area contributed by atoms with Gasteiger partial charge in [0.25, 0.3) is 0 Å². The van der Waals surface area contributed by atoms with E-state index in [0.717, 1.165) is 5.56 Å². The average molecular weight is 314 g/mol. The number of halogens is 1. The third kappa shape index (κ3) is 3.63. The quantitative estimate of drug-likeness (QED) is 0.788. The molecule has 2 heterocycles. The molecule has 0 saturated carbocycles. The normalized spacial score (nSPS) is 12.9. The van der Waals surface area contributed by atoms with E-state index in [1.54, 1.807) is 49.6 Å². The Labute approximate surface area is 134 Å². The molecule has 0 spiro atoms. The fraction of sp³-hybridized carbons (Fsp3) is 0.222. The number of pyridine rings is 1. The zero-order valence-electron chi connectivity index (χ0n) is 13.3. The van der Waals surface area contributed by atoms with Gasteiger partial charge in [0.05, 0.1) is 0 Å². The van der Waals surface area contributed by atoms with E-state index in [1.165, 1.54) is 12.1 Å². The maximum Gasteiger partial charge on any atom is 0.173 e. The monoisotopic (exact) mass is 314 g/mol. The highest BCUT2D eigenvalue weighted by Crippen LogP contribution is 2.31. The fourth-order valence-electron chi connectivity index (χ4n) is 2.08. The van der Waals surface area contributed by atoms with Gasteiger partial charge in [0, 0.05) is 24.0 Å². The summed E-state index contributed by atoms with van der Waals surface area (Å²) in [6, 6.07) is 11.0. The molecule has 3 aromatic rings. The van der Waals surface area contributed by atoms with Crippen molar-refractivity contribution < 1.29 is 14.0 Å². The van der Waals surface area contributed by atoms with Crippen molar-refractivity contribution in [2.75, 3.05) is 0 Å². The summed E-state index contributed by atoms with van der Waals surface area (Å²) in [4.78, 5) is 3.92. The molecule has 0 fully saturated rings. The van der Waals surface area contributed by atoms with E-state index in [-0.39, 0.29) is 5.82 Å². The van der Waals surface area contributed by atoms with Crippen LogP contribution in [0.3, 0.4) is 0 Å². The van der Waals surface area contributed by atoms with Crippen LogP contribution >= 0.6 is 0 Å². The van der Waals surface area contributed by atoms with Crippen LogP contribution in [0.25, 0.3) is 11.3 Å². The molecule has 0 aliphatic heterocycles. The first-order valence-electron chi connectivity index (χ1n) is 7.43. The van der Waals surface area contributed by atoms with Crippen LogP contribution in [-0.2, 0) is 5.60 Å². The van der Waals surface area contributed by atoms with Crippen molar-refractivity contribution in [3.05, 3.63) is 72.0 Å². The van der Waals surface area contributed by atoms with Gasteiger partial charge in [0.15, 0.2) is 5.76 Å². The Kier molecular flexibility index (Phi) is 5.24. The number of aromatic nitrogens is 2. The van der Waals surface area contributed by atoms with E-state index < -0.39 is 5.60 Å². The minimum atomic E-state index is -1.31. The molecule has 1 unspecified atom stereocenters. The third-order valence-electron chi connectivity index (χ3n) is 3.37. The zero-order valence-corrected chi connectivity index (χ0v) is 13.3. The van der Waals surface area contributed by atoms with E-state index in [1.807, 2.05) is 13.8 Å². The van der Waals surface area contributed by atoms with Crippen LogP contribution < -0.4 is 0 Å². The van der Waals surface area contributed by atoms with E-state index in [0.29, 0.717) is 17.0 Å². The van der Waals surface area contributed by atoms with Gasteiger partial charge in [-0.15, -0.1) is 0 Å². The SMILES string of the molecule is CC.CC(O)(c1ccncc1)c1cc(-c2ccc(F)cc2)no1. The number of nitrogens with zero attached hydrogens (tertiary/aromatic N) is 2. The molecule has 23 heavy (non-hydrogen) atoms. The van der Waals surface area contributed by atoms with Crippen LogP contribution in [0.1, 0.15) is 32.1 Å². The first-order chi connectivity index (χ1) is 11.1. The first-order valence-corrected chi connectivity index (χ1v) is 7.43. The summed E-state index contributed by atoms with van der Waals surface area (Å²) in [5.41, 5.74) is 0.601. The number of rotatable bonds is 3. The van der Waals surface area contributed by atoms with E-state index in [9.17, 15) is 9.50 Å². The fourth-order valence-corrected chi connectivity index (χ4v) is 2.08. The second-order valence-corrected chi connectivity index (χ2v) is 4.89. The molecule has 0 amide bonds. The lowest BCUT2D eigenvalue weighted by Crippen LogP contribution is -2.21. The third-order valence-corrected chi connectivity index (χ3v) is 3.37. The topological polar surface area (TPSA) is 59.2 Å². The van der Waals surface area contributed by atoms with Gasteiger partial charge in [0.1, 0.15) is 17.1 Å². The molecule has 0 radical (unpaired) electrons. The first kappa shape index (κ1) is 16.8. The molecular formula is C18H19FN2O2. The minimum absolute atomic E-state index is 0.313. The van der Waals surface area contributed by atoms with E-state index in [4.69, 9.17) is 4.52 Å². The van der Waals surface area contributed by atoms with Crippen molar-refractivity contribution in [1.82, 2.24) is 10.1 Å². The van der Waals surface area contributed by atoms with Crippen LogP contribution in [0, 0.1) is 5.82 Å². The molecule has 1 aromatic carbocycles. The van der Waals surface area contributed by atoms with Crippen LogP contribution in [0.2, 0.25) is 0 Å². The van der Waals surface area contributed by atoms with Gasteiger partial charge in [-0.3, -0.25) is 4.98 Å². The molecule has 0 aliphatic rings. The highest BCUT2D eigenvalue weighted by molar-refractivity contribution is 5.59. The Bertz CT molecular complexity index is 737. The maximum atomic E-state index is 12.9. The highest BCUT2D eigenvalue weighted by atomic mass is 19.1. The largest absolute Gasteiger partial charge is 0.377 e. The summed E-state index contributed by atoms with van der Waals surface area (Å²) < 4.78 is 18.2. The summed E-state index contributed by atoms with van der Waals surface area (Å²) in [6.45, 7) is 5.62. The van der Waals surface area contributed by atoms with Crippen LogP contribution in [0.15, 0.2) is 59.4 Å². The molecule has 0 bridgehead atoms. The number of hydrogen-bond acceptors (Lipinski definition) is 4. The molecule has 3 rings (SSSR count). The van der Waals surface area contributed by atoms with E-state index >= 15 is 0 Å². The number of benzene rings is 1. The summed E-state index contributed by atoms with van der Waals surface area (Å²) in [5, 5.41) is 14.6. The smallest absolute Gasteiger partial charge is 0.173 e. The number of hydrogen-bond donors (Lipinski definition) is 1. The molecule has 5 heteroatoms. The van der Waals surface area contributed by atoms with Crippen LogP contribution in [0.4, 0.5) is 4.39 Å². The lowest BCUT2D eigenvalue weighted by atomic mass is 9.94. The number of aliphatic hydroxyl groups is 1. The Balaban J connectivity index is 0.000000924. The van der Waals surface area contributed by atoms with Crippen molar-refractivity contribution in [2.45, 2.75) is 26.4 Å². The molecule has 2 aromatic heterocycles. The Morgan fingerprint density at radius 1 is 1.04 bits per heavy atom. The van der Waals surface area contributed by atoms with Gasteiger partial charge >= 0.3 is 0 Å². The Morgan fingerprint density at radius 2 is 1.65 bits per heavy atom. The summed E-state index contributed by atoms with van der Waals surface area (Å²) in [6.07, 6.45) is 3.20. The van der Waals surface area contributed by atoms with Gasteiger partial charge < -0.3 is 9.63 Å². The molecule has 120 valence electrons. The second kappa shape index (κ2) is 7.15. The predicted molar refractivity (Wildman–Crippen MR) is 86.2 cm³/mol. The van der Waals surface area contributed by atoms with Crippen molar-refractivity contribution in [3.8, 4) is 11.3 Å². The molecule has 1 N–H and O–H groups in total. The van der Waals surface area contributed by atoms with Crippen molar-refractivity contribution in [3.63, 3.8) is 0 Å². The lowest BCUT2D eigenvalue weighted by molar-refractivity contribution is 0.0694. The van der Waals surface area contributed by atoms with Crippen LogP contribution in [-0.4, -0.2) is 15.2 Å². The second-order valence-electron chi connectivity index (χ2n) is 4.89. The summed E-state index contributed by atoms with van der Waals surface area (Å²) >= 11 is 0. The summed E-state index contributed by atoms with van der Waals surface area (Å²) in [5.74, 6) is -0.000671. The molecule has 0 saturated heterocycles. The van der Waals surface area contributed by atoms with Gasteiger partial charge in [0.2, 0.25) is 0 Å². The summed E-state index contributed by atoms with van der Waals surface area (Å²) in [7, 11) is 0. The molecule has 0 aliphatic carbocycles. The van der Waals surface area contributed by atoms with Gasteiger partial charge in [-0.25, -0.2) is 4.39 Å². The van der Waals surface area contributed by atoms with Crippen molar-refractivity contribution >= 4 is 0 Å². The molecule has 1 atom stereocenters. The Morgan fingerprint density at radius 3 is 2.26 bits per heavy atom. The standard InChI is InChI=1S/C16H13FN2O2.C2H6/c1-16(20,12-6-8-18-9-7-12)15-10-14(19-21-15)11-2-4-13(17)5-3-11;1-2/h2-10,20H,1H3;1-2H3. The van der Waals surface area contributed by atoms with Crippen LogP contribution in [0.5, 0.6) is 0 Å². The van der Waals surface area contributed by atoms with Crippen molar-refractivity contribution in [2.24, 2.45) is 0 Å².